The fraction of sp³-hybridized carbons (Fsp3) is 0. The van der Waals surface area contributed by atoms with E-state index in [1.165, 1.54) is 25.6 Å². The van der Waals surface area contributed by atoms with Gasteiger partial charge in [0, 0.05) is 69.9 Å². The maximum Gasteiger partial charge on any atom is 0.229 e. The van der Waals surface area contributed by atoms with Crippen LogP contribution in [0.15, 0.2) is 138 Å². The molecule has 0 aliphatic carbocycles. The third-order valence-corrected chi connectivity index (χ3v) is 11.3. The largest absolute Gasteiger partial charge is 0.467 e. The van der Waals surface area contributed by atoms with Crippen LogP contribution in [0.4, 0.5) is 5.69 Å². The lowest BCUT2D eigenvalue weighted by molar-refractivity contribution is 0.671. The van der Waals surface area contributed by atoms with Crippen molar-refractivity contribution in [3.05, 3.63) is 150 Å². The minimum absolute atomic E-state index is 0.526. The smallest absolute Gasteiger partial charge is 0.229 e. The highest BCUT2D eigenvalue weighted by molar-refractivity contribution is 7.25. The maximum absolute atomic E-state index is 9.62. The van der Waals surface area contributed by atoms with E-state index in [4.69, 9.17) is 11.0 Å². The van der Waals surface area contributed by atoms with E-state index in [0.717, 1.165) is 66.0 Å². The lowest BCUT2D eigenvalue weighted by Gasteiger charge is -2.10. The number of thiophene rings is 1. The first kappa shape index (κ1) is 27.1. The van der Waals surface area contributed by atoms with Crippen LogP contribution in [0.5, 0.6) is 0 Å². The predicted octanol–water partition coefficient (Wildman–Crippen LogP) is 12.6. The topological polar surface area (TPSA) is 51.1 Å². The van der Waals surface area contributed by atoms with Gasteiger partial charge in [0.05, 0.1) is 40.3 Å². The molecule has 11 rings (SSSR count). The molecule has 0 aliphatic rings. The van der Waals surface area contributed by atoms with Gasteiger partial charge in [-0.2, -0.15) is 5.26 Å². The first-order chi connectivity index (χ1) is 24.7. The molecule has 0 aliphatic heterocycles. The van der Waals surface area contributed by atoms with Crippen molar-refractivity contribution in [2.24, 2.45) is 0 Å². The number of nitriles is 1. The van der Waals surface area contributed by atoms with Gasteiger partial charge in [-0.25, -0.2) is 4.85 Å². The van der Waals surface area contributed by atoms with E-state index in [9.17, 15) is 5.26 Å². The van der Waals surface area contributed by atoms with Crippen molar-refractivity contribution in [1.29, 1.82) is 5.26 Å². The summed E-state index contributed by atoms with van der Waals surface area (Å²) in [6, 6.07) is 48.9. The van der Waals surface area contributed by atoms with Crippen molar-refractivity contribution in [3.8, 4) is 17.4 Å². The molecule has 0 bridgehead atoms. The Kier molecular flexibility index (Phi) is 5.34. The van der Waals surface area contributed by atoms with E-state index in [1.54, 1.807) is 11.3 Å². The van der Waals surface area contributed by atoms with Crippen molar-refractivity contribution in [1.82, 2.24) is 9.13 Å². The SMILES string of the molecule is [C-]#[N+]c1cccc2c1oc1cc3c(cc12)c1ccccc1n3-c1ccc2sc3ccc(-n4c5ccccc5c5cc(C#N)ccc54)cc3c2c1. The molecule has 4 aromatic heterocycles. The van der Waals surface area contributed by atoms with Crippen LogP contribution in [-0.4, -0.2) is 9.13 Å². The van der Waals surface area contributed by atoms with E-state index in [2.05, 4.69) is 123 Å². The number of fused-ring (bicyclic) bond motifs is 12. The van der Waals surface area contributed by atoms with Crippen molar-refractivity contribution in [2.75, 3.05) is 0 Å². The zero-order chi connectivity index (χ0) is 33.1. The van der Waals surface area contributed by atoms with E-state index in [-0.39, 0.29) is 0 Å². The number of benzene rings is 7. The van der Waals surface area contributed by atoms with Gasteiger partial charge in [0.1, 0.15) is 11.2 Å². The minimum Gasteiger partial charge on any atom is -0.467 e. The van der Waals surface area contributed by atoms with Crippen LogP contribution in [0, 0.1) is 17.9 Å². The summed E-state index contributed by atoms with van der Waals surface area (Å²) in [5.41, 5.74) is 9.13. The Balaban J connectivity index is 1.16. The standard InChI is InChI=1S/C44H22N4OS/c1-46-36-10-6-9-30-33-22-32-29-8-3-5-12-38(29)48(40(32)23-41(33)49-44(30)36)27-15-18-43-35(21-27)34-20-26(14-17-42(34)50-43)47-37-11-4-2-7-28(37)31-19-25(24-45)13-16-39(31)47/h2-23H. The summed E-state index contributed by atoms with van der Waals surface area (Å²) in [4.78, 5) is 3.71. The van der Waals surface area contributed by atoms with Gasteiger partial charge in [0.2, 0.25) is 5.69 Å². The number of hydrogen-bond acceptors (Lipinski definition) is 3. The van der Waals surface area contributed by atoms with Gasteiger partial charge in [-0.15, -0.1) is 11.3 Å². The number of hydrogen-bond donors (Lipinski definition) is 0. The Morgan fingerprint density at radius 1 is 0.540 bits per heavy atom. The number of nitrogens with zero attached hydrogens (tertiary/aromatic N) is 4. The van der Waals surface area contributed by atoms with Crippen molar-refractivity contribution < 1.29 is 4.42 Å². The van der Waals surface area contributed by atoms with Gasteiger partial charge in [-0.1, -0.05) is 54.6 Å². The second-order valence-corrected chi connectivity index (χ2v) is 13.8. The van der Waals surface area contributed by atoms with Crippen LogP contribution in [0.2, 0.25) is 0 Å². The average Bonchev–Trinajstić information content (AvgIpc) is 3.90. The molecule has 0 N–H and O–H groups in total. The molecule has 230 valence electrons. The molecular formula is C44H22N4OS. The lowest BCUT2D eigenvalue weighted by atomic mass is 10.1. The molecule has 6 heteroatoms. The highest BCUT2D eigenvalue weighted by Crippen LogP contribution is 2.43. The van der Waals surface area contributed by atoms with Gasteiger partial charge in [0.25, 0.3) is 0 Å². The summed E-state index contributed by atoms with van der Waals surface area (Å²) in [7, 11) is 0. The molecule has 4 heterocycles. The number of furan rings is 1. The summed E-state index contributed by atoms with van der Waals surface area (Å²) in [6.07, 6.45) is 0. The normalized spacial score (nSPS) is 12.0. The average molecular weight is 655 g/mol. The monoisotopic (exact) mass is 654 g/mol. The Bertz CT molecular complexity index is 3360. The lowest BCUT2D eigenvalue weighted by Crippen LogP contribution is -1.94. The van der Waals surface area contributed by atoms with Crippen molar-refractivity contribution in [3.63, 3.8) is 0 Å². The molecule has 0 saturated heterocycles. The molecule has 0 atom stereocenters. The summed E-state index contributed by atoms with van der Waals surface area (Å²) in [5, 5.41) is 18.5. The highest BCUT2D eigenvalue weighted by atomic mass is 32.1. The molecule has 0 unspecified atom stereocenters. The molecule has 0 fully saturated rings. The molecule has 7 aromatic carbocycles. The van der Waals surface area contributed by atoms with E-state index in [1.807, 2.05) is 30.3 Å². The summed E-state index contributed by atoms with van der Waals surface area (Å²) < 4.78 is 13.5. The first-order valence-corrected chi connectivity index (χ1v) is 17.2. The van der Waals surface area contributed by atoms with Crippen LogP contribution in [0.1, 0.15) is 5.56 Å². The fourth-order valence-electron chi connectivity index (χ4n) is 7.96. The van der Waals surface area contributed by atoms with E-state index >= 15 is 0 Å². The quantitative estimate of drug-likeness (QED) is 0.174. The Labute approximate surface area is 288 Å². The maximum atomic E-state index is 9.62. The van der Waals surface area contributed by atoms with Crippen LogP contribution in [-0.2, 0) is 0 Å². The van der Waals surface area contributed by atoms with Gasteiger partial charge >= 0.3 is 0 Å². The molecular weight excluding hydrogens is 633 g/mol. The van der Waals surface area contributed by atoms with Crippen LogP contribution in [0.25, 0.3) is 102 Å². The number of aromatic nitrogens is 2. The van der Waals surface area contributed by atoms with E-state index in [0.29, 0.717) is 16.8 Å². The van der Waals surface area contributed by atoms with Crippen LogP contribution >= 0.6 is 11.3 Å². The molecule has 0 amide bonds. The Morgan fingerprint density at radius 2 is 1.16 bits per heavy atom. The molecule has 11 aromatic rings. The first-order valence-electron chi connectivity index (χ1n) is 16.3. The molecule has 0 spiro atoms. The molecule has 50 heavy (non-hydrogen) atoms. The summed E-state index contributed by atoms with van der Waals surface area (Å²) in [5.74, 6) is 0. The molecule has 0 radical (unpaired) electrons. The van der Waals surface area contributed by atoms with Crippen molar-refractivity contribution in [2.45, 2.75) is 0 Å². The summed E-state index contributed by atoms with van der Waals surface area (Å²) in [6.45, 7) is 7.67. The minimum atomic E-state index is 0.526. The second-order valence-electron chi connectivity index (χ2n) is 12.7. The molecule has 5 nitrogen and oxygen atoms in total. The van der Waals surface area contributed by atoms with Crippen LogP contribution < -0.4 is 0 Å². The summed E-state index contributed by atoms with van der Waals surface area (Å²) >= 11 is 1.81. The third-order valence-electron chi connectivity index (χ3n) is 10.1. The molecule has 0 saturated carbocycles. The zero-order valence-corrected chi connectivity index (χ0v) is 27.1. The predicted molar refractivity (Wildman–Crippen MR) is 206 cm³/mol. The highest BCUT2D eigenvalue weighted by Gasteiger charge is 2.19. The Hall–Kier alpha value is -6.86. The van der Waals surface area contributed by atoms with Gasteiger partial charge in [0.15, 0.2) is 0 Å². The Morgan fingerprint density at radius 3 is 1.84 bits per heavy atom. The fourth-order valence-corrected chi connectivity index (χ4v) is 9.03. The van der Waals surface area contributed by atoms with Gasteiger partial charge < -0.3 is 13.6 Å². The number of para-hydroxylation sites is 3. The second kappa shape index (κ2) is 9.84. The number of rotatable bonds is 2. The zero-order valence-electron chi connectivity index (χ0n) is 26.3. The van der Waals surface area contributed by atoms with E-state index < -0.39 is 0 Å². The van der Waals surface area contributed by atoms with Gasteiger partial charge in [-0.05, 0) is 72.8 Å². The third kappa shape index (κ3) is 3.58. The van der Waals surface area contributed by atoms with Crippen molar-refractivity contribution >= 4 is 103 Å². The van der Waals surface area contributed by atoms with Crippen LogP contribution in [0.3, 0.4) is 0 Å². The van der Waals surface area contributed by atoms with Gasteiger partial charge in [-0.3, -0.25) is 0 Å².